The lowest BCUT2D eigenvalue weighted by atomic mass is 10.0. The van der Waals surface area contributed by atoms with E-state index in [9.17, 15) is 33.0 Å². The summed E-state index contributed by atoms with van der Waals surface area (Å²) in [5.41, 5.74) is 3.11. The average molecular weight is 364 g/mol. The number of aromatic carboxylic acids is 1. The molecule has 26 heavy (non-hydrogen) atoms. The molecular weight excluding hydrogens is 353 g/mol. The lowest BCUT2D eigenvalue weighted by molar-refractivity contribution is 0.0695. The summed E-state index contributed by atoms with van der Waals surface area (Å²) in [6.45, 7) is 1.36. The summed E-state index contributed by atoms with van der Waals surface area (Å²) >= 11 is 0. The Morgan fingerprint density at radius 3 is 2.38 bits per heavy atom. The average Bonchev–Trinajstić information content (AvgIpc) is 2.57. The molecule has 3 rings (SSSR count). The molecule has 1 heterocycles. The molecule has 1 aromatic heterocycles. The van der Waals surface area contributed by atoms with E-state index in [0.717, 1.165) is 22.9 Å². The Balaban J connectivity index is 2.59. The second-order valence-corrected chi connectivity index (χ2v) is 5.60. The Hall–Kier alpha value is -3.49. The molecule has 0 amide bonds. The first-order valence-electron chi connectivity index (χ1n) is 7.19. The molecule has 4 N–H and O–H groups in total. The van der Waals surface area contributed by atoms with E-state index in [0.29, 0.717) is 6.07 Å². The number of anilines is 1. The van der Waals surface area contributed by atoms with Crippen LogP contribution in [-0.4, -0.2) is 20.7 Å². The van der Waals surface area contributed by atoms with Gasteiger partial charge in [-0.05, 0) is 18.6 Å². The van der Waals surface area contributed by atoms with Gasteiger partial charge >= 0.3 is 5.97 Å². The van der Waals surface area contributed by atoms with Gasteiger partial charge in [-0.1, -0.05) is 0 Å². The maximum absolute atomic E-state index is 14.3. The Morgan fingerprint density at radius 1 is 1.12 bits per heavy atom. The van der Waals surface area contributed by atoms with Gasteiger partial charge in [-0.15, -0.1) is 0 Å². The number of hydrogen-bond acceptors (Lipinski definition) is 4. The van der Waals surface area contributed by atoms with Crippen LogP contribution in [0.25, 0.3) is 16.6 Å². The van der Waals surface area contributed by atoms with Gasteiger partial charge in [0.1, 0.15) is 17.2 Å². The van der Waals surface area contributed by atoms with Crippen LogP contribution in [0.3, 0.4) is 0 Å². The van der Waals surface area contributed by atoms with E-state index in [2.05, 4.69) is 0 Å². The first-order valence-corrected chi connectivity index (χ1v) is 7.19. The van der Waals surface area contributed by atoms with Crippen LogP contribution in [-0.2, 0) is 0 Å². The van der Waals surface area contributed by atoms with Gasteiger partial charge in [-0.2, -0.15) is 0 Å². The normalized spacial score (nSPS) is 11.1. The summed E-state index contributed by atoms with van der Waals surface area (Å²) in [7, 11) is 0. The molecule has 0 saturated carbocycles. The number of hydrogen-bond donors (Lipinski definition) is 3. The zero-order valence-electron chi connectivity index (χ0n) is 13.2. The van der Waals surface area contributed by atoms with Crippen LogP contribution in [0, 0.1) is 24.4 Å². The number of pyridine rings is 1. The molecule has 0 radical (unpaired) electrons. The first-order chi connectivity index (χ1) is 12.1. The maximum Gasteiger partial charge on any atom is 0.341 e. The molecule has 0 aliphatic heterocycles. The van der Waals surface area contributed by atoms with Crippen LogP contribution < -0.4 is 11.2 Å². The summed E-state index contributed by atoms with van der Waals surface area (Å²) in [6.07, 6.45) is 0.813. The molecule has 0 saturated heterocycles. The van der Waals surface area contributed by atoms with Crippen molar-refractivity contribution in [3.63, 3.8) is 0 Å². The van der Waals surface area contributed by atoms with Crippen molar-refractivity contribution in [3.05, 3.63) is 63.2 Å². The molecule has 0 bridgehead atoms. The van der Waals surface area contributed by atoms with Gasteiger partial charge in [0.05, 0.1) is 22.3 Å². The van der Waals surface area contributed by atoms with Gasteiger partial charge in [-0.25, -0.2) is 18.0 Å². The number of nitrogens with zero attached hydrogens (tertiary/aromatic N) is 1. The highest BCUT2D eigenvalue weighted by molar-refractivity contribution is 5.95. The van der Waals surface area contributed by atoms with Crippen molar-refractivity contribution in [2.24, 2.45) is 0 Å². The van der Waals surface area contributed by atoms with E-state index >= 15 is 0 Å². The van der Waals surface area contributed by atoms with Crippen LogP contribution in [0.2, 0.25) is 0 Å². The molecule has 2 aromatic carbocycles. The number of phenolic OH excluding ortho intramolecular Hbond substituents is 1. The number of fused-ring (bicyclic) bond motifs is 1. The molecule has 3 aromatic rings. The second kappa shape index (κ2) is 5.80. The summed E-state index contributed by atoms with van der Waals surface area (Å²) in [4.78, 5) is 23.7. The van der Waals surface area contributed by atoms with E-state index in [1.165, 1.54) is 6.92 Å². The number of nitrogen functional groups attached to an aromatic ring is 1. The third-order valence-electron chi connectivity index (χ3n) is 4.04. The van der Waals surface area contributed by atoms with Gasteiger partial charge in [0.15, 0.2) is 11.6 Å². The van der Waals surface area contributed by atoms with Crippen LogP contribution in [0.1, 0.15) is 15.9 Å². The number of carboxylic acids is 1. The number of halogens is 3. The van der Waals surface area contributed by atoms with Crippen LogP contribution in [0.15, 0.2) is 29.2 Å². The number of carboxylic acid groups (broad SMARTS) is 1. The number of aryl methyl sites for hydroxylation is 1. The molecule has 0 aliphatic carbocycles. The lowest BCUT2D eigenvalue weighted by Crippen LogP contribution is -2.20. The topological polar surface area (TPSA) is 106 Å². The van der Waals surface area contributed by atoms with Crippen molar-refractivity contribution in [1.29, 1.82) is 0 Å². The smallest absolute Gasteiger partial charge is 0.341 e. The highest BCUT2D eigenvalue weighted by Crippen LogP contribution is 2.30. The fourth-order valence-corrected chi connectivity index (χ4v) is 2.72. The first kappa shape index (κ1) is 17.3. The zero-order valence-corrected chi connectivity index (χ0v) is 13.2. The Bertz CT molecular complexity index is 1160. The summed E-state index contributed by atoms with van der Waals surface area (Å²) < 4.78 is 42.5. The predicted molar refractivity (Wildman–Crippen MR) is 87.2 cm³/mol. The number of aromatic nitrogens is 1. The molecule has 134 valence electrons. The monoisotopic (exact) mass is 364 g/mol. The molecule has 0 spiro atoms. The van der Waals surface area contributed by atoms with E-state index in [1.54, 1.807) is 0 Å². The van der Waals surface area contributed by atoms with Crippen LogP contribution in [0.4, 0.5) is 18.9 Å². The fourth-order valence-electron chi connectivity index (χ4n) is 2.72. The van der Waals surface area contributed by atoms with Crippen molar-refractivity contribution >= 4 is 22.6 Å². The molecule has 0 fully saturated rings. The van der Waals surface area contributed by atoms with E-state index in [4.69, 9.17) is 5.73 Å². The van der Waals surface area contributed by atoms with Crippen molar-refractivity contribution in [2.45, 2.75) is 6.92 Å². The van der Waals surface area contributed by atoms with Crippen LogP contribution in [0.5, 0.6) is 5.75 Å². The van der Waals surface area contributed by atoms with Gasteiger partial charge in [0.2, 0.25) is 5.43 Å². The maximum atomic E-state index is 14.3. The van der Waals surface area contributed by atoms with Crippen molar-refractivity contribution in [3.8, 4) is 11.4 Å². The summed E-state index contributed by atoms with van der Waals surface area (Å²) in [6, 6.07) is 1.88. The second-order valence-electron chi connectivity index (χ2n) is 5.60. The number of aromatic hydroxyl groups is 1. The number of carbonyl (C=O) groups is 1. The minimum absolute atomic E-state index is 0.0530. The zero-order chi connectivity index (χ0) is 19.3. The quantitative estimate of drug-likeness (QED) is 0.607. The van der Waals surface area contributed by atoms with E-state index < -0.39 is 45.9 Å². The SMILES string of the molecule is Cc1c(N)c(F)cc2c(=O)c(C(=O)O)cn(-c3cc(O)c(F)cc3F)c12. The largest absolute Gasteiger partial charge is 0.505 e. The number of phenols is 1. The van der Waals surface area contributed by atoms with Crippen molar-refractivity contribution < 1.29 is 28.2 Å². The predicted octanol–water partition coefficient (Wildman–Crippen LogP) is 2.70. The van der Waals surface area contributed by atoms with Crippen molar-refractivity contribution in [1.82, 2.24) is 4.57 Å². The molecule has 0 unspecified atom stereocenters. The third-order valence-corrected chi connectivity index (χ3v) is 4.04. The minimum atomic E-state index is -1.62. The highest BCUT2D eigenvalue weighted by Gasteiger charge is 2.21. The van der Waals surface area contributed by atoms with Gasteiger partial charge in [0, 0.05) is 18.3 Å². The molecule has 9 heteroatoms. The number of benzene rings is 2. The standard InChI is InChI=1S/C17H11F3N2O4/c1-6-14(21)11(20)2-7-15(6)22(5-8(16(7)24)17(25)26)12-4-13(23)10(19)3-9(12)18/h2-5,23H,21H2,1H3,(H,25,26). The van der Waals surface area contributed by atoms with E-state index in [-0.39, 0.29) is 22.2 Å². The minimum Gasteiger partial charge on any atom is -0.505 e. The summed E-state index contributed by atoms with van der Waals surface area (Å²) in [5.74, 6) is -5.81. The number of nitrogens with two attached hydrogens (primary N) is 1. The van der Waals surface area contributed by atoms with E-state index in [1.807, 2.05) is 0 Å². The Kier molecular flexibility index (Phi) is 3.87. The fraction of sp³-hybridized carbons (Fsp3) is 0.0588. The lowest BCUT2D eigenvalue weighted by Gasteiger charge is -2.17. The number of rotatable bonds is 2. The molecule has 6 nitrogen and oxygen atoms in total. The highest BCUT2D eigenvalue weighted by atomic mass is 19.1. The van der Waals surface area contributed by atoms with Gasteiger partial charge in [-0.3, -0.25) is 4.79 Å². The molecule has 0 atom stereocenters. The Labute approximate surface area is 143 Å². The Morgan fingerprint density at radius 2 is 1.77 bits per heavy atom. The molecular formula is C17H11F3N2O4. The van der Waals surface area contributed by atoms with Crippen LogP contribution >= 0.6 is 0 Å². The third kappa shape index (κ3) is 2.44. The van der Waals surface area contributed by atoms with Crippen molar-refractivity contribution in [2.75, 3.05) is 5.73 Å². The molecule has 0 aliphatic rings. The van der Waals surface area contributed by atoms with Gasteiger partial charge in [0.25, 0.3) is 0 Å². The van der Waals surface area contributed by atoms with Gasteiger partial charge < -0.3 is 20.5 Å². The summed E-state index contributed by atoms with van der Waals surface area (Å²) in [5, 5.41) is 18.4.